The van der Waals surface area contributed by atoms with Crippen molar-refractivity contribution in [1.29, 1.82) is 0 Å². The molecule has 2 aliphatic rings. The van der Waals surface area contributed by atoms with Gasteiger partial charge in [0.1, 0.15) is 0 Å². The van der Waals surface area contributed by atoms with Gasteiger partial charge in [-0.3, -0.25) is 4.72 Å². The Morgan fingerprint density at radius 3 is 2.48 bits per heavy atom. The summed E-state index contributed by atoms with van der Waals surface area (Å²) in [4.78, 5) is 0.162. The lowest BCUT2D eigenvalue weighted by Gasteiger charge is -2.14. The van der Waals surface area contributed by atoms with Crippen LogP contribution >= 0.6 is 0 Å². The Morgan fingerprint density at radius 2 is 1.63 bits per heavy atom. The summed E-state index contributed by atoms with van der Waals surface area (Å²) < 4.78 is 40.0. The molecule has 0 spiro atoms. The van der Waals surface area contributed by atoms with E-state index in [0.717, 1.165) is 24.6 Å². The summed E-state index contributed by atoms with van der Waals surface area (Å²) in [6.07, 6.45) is 2.78. The monoisotopic (exact) mass is 381 g/mol. The summed E-state index contributed by atoms with van der Waals surface area (Å²) >= 11 is 0. The number of sulfonamides is 1. The largest absolute Gasteiger partial charge is 0.490 e. The van der Waals surface area contributed by atoms with Gasteiger partial charge in [-0.2, -0.15) is 0 Å². The van der Waals surface area contributed by atoms with Crippen molar-refractivity contribution in [2.75, 3.05) is 17.9 Å². The van der Waals surface area contributed by atoms with Gasteiger partial charge in [-0.1, -0.05) is 24.3 Å². The summed E-state index contributed by atoms with van der Waals surface area (Å²) in [5.74, 6) is 1.05. The third kappa shape index (κ3) is 2.80. The summed E-state index contributed by atoms with van der Waals surface area (Å²) in [5, 5.41) is 2.12. The average molecular weight is 381 g/mol. The van der Waals surface area contributed by atoms with Crippen LogP contribution in [-0.2, 0) is 22.9 Å². The van der Waals surface area contributed by atoms with Crippen molar-refractivity contribution in [3.05, 3.63) is 59.7 Å². The minimum Gasteiger partial charge on any atom is -0.490 e. The molecule has 6 heteroatoms. The van der Waals surface area contributed by atoms with Gasteiger partial charge in [0.25, 0.3) is 10.0 Å². The quantitative estimate of drug-likeness (QED) is 0.747. The highest BCUT2D eigenvalue weighted by atomic mass is 32.2. The van der Waals surface area contributed by atoms with Crippen LogP contribution in [0.3, 0.4) is 0 Å². The topological polar surface area (TPSA) is 64.6 Å². The first-order valence-electron chi connectivity index (χ1n) is 9.08. The van der Waals surface area contributed by atoms with E-state index in [0.29, 0.717) is 30.4 Å². The molecule has 5 nitrogen and oxygen atoms in total. The van der Waals surface area contributed by atoms with Crippen LogP contribution in [0, 0.1) is 0 Å². The van der Waals surface area contributed by atoms with Crippen molar-refractivity contribution in [2.24, 2.45) is 0 Å². The molecule has 1 heterocycles. The van der Waals surface area contributed by atoms with Crippen LogP contribution < -0.4 is 14.2 Å². The van der Waals surface area contributed by atoms with Crippen LogP contribution in [0.25, 0.3) is 10.8 Å². The van der Waals surface area contributed by atoms with Crippen molar-refractivity contribution in [3.8, 4) is 11.5 Å². The number of rotatable bonds is 3. The fraction of sp³-hybridized carbons (Fsp3) is 0.238. The highest BCUT2D eigenvalue weighted by Crippen LogP contribution is 2.37. The minimum absolute atomic E-state index is 0.162. The third-order valence-corrected chi connectivity index (χ3v) is 6.51. The molecule has 27 heavy (non-hydrogen) atoms. The Bertz CT molecular complexity index is 1140. The van der Waals surface area contributed by atoms with E-state index in [9.17, 15) is 8.42 Å². The Hall–Kier alpha value is -2.73. The standard InChI is InChI=1S/C21H19NO4S/c23-27(24,16-8-10-19-20(13-16)26-12-2-11-25-19)22-18-9-7-15-6-5-14-3-1-4-17(18)21(14)15/h1,3-4,7-10,13,22H,2,5-6,11-12H2. The maximum Gasteiger partial charge on any atom is 0.262 e. The second-order valence-electron chi connectivity index (χ2n) is 6.88. The zero-order valence-corrected chi connectivity index (χ0v) is 15.5. The third-order valence-electron chi connectivity index (χ3n) is 5.15. The molecule has 0 atom stereocenters. The summed E-state index contributed by atoms with van der Waals surface area (Å²) in [7, 11) is -3.74. The van der Waals surface area contributed by atoms with Crippen molar-refractivity contribution < 1.29 is 17.9 Å². The first-order valence-corrected chi connectivity index (χ1v) is 10.6. The first-order chi connectivity index (χ1) is 13.1. The molecular weight excluding hydrogens is 362 g/mol. The second-order valence-corrected chi connectivity index (χ2v) is 8.56. The highest BCUT2D eigenvalue weighted by molar-refractivity contribution is 7.92. The van der Waals surface area contributed by atoms with Gasteiger partial charge in [-0.15, -0.1) is 0 Å². The predicted molar refractivity (Wildman–Crippen MR) is 104 cm³/mol. The molecule has 3 aromatic rings. The Morgan fingerprint density at radius 1 is 0.852 bits per heavy atom. The molecule has 3 aromatic carbocycles. The zero-order chi connectivity index (χ0) is 18.4. The van der Waals surface area contributed by atoms with E-state index >= 15 is 0 Å². The van der Waals surface area contributed by atoms with Crippen LogP contribution in [0.5, 0.6) is 11.5 Å². The molecule has 0 saturated carbocycles. The SMILES string of the molecule is O=S(=O)(Nc1ccc2c3c(cccc13)CC2)c1ccc2c(c1)OCCCO2. The van der Waals surface area contributed by atoms with Gasteiger partial charge in [0, 0.05) is 17.9 Å². The van der Waals surface area contributed by atoms with Crippen molar-refractivity contribution in [2.45, 2.75) is 24.2 Å². The Labute approximate surface area is 158 Å². The Kier molecular flexibility index (Phi) is 3.75. The lowest BCUT2D eigenvalue weighted by Crippen LogP contribution is -2.13. The number of aryl methyl sites for hydroxylation is 2. The number of ether oxygens (including phenoxy) is 2. The van der Waals surface area contributed by atoms with E-state index in [-0.39, 0.29) is 4.90 Å². The van der Waals surface area contributed by atoms with E-state index in [2.05, 4.69) is 10.8 Å². The number of benzene rings is 3. The van der Waals surface area contributed by atoms with Gasteiger partial charge < -0.3 is 9.47 Å². The molecule has 0 unspecified atom stereocenters. The van der Waals surface area contributed by atoms with Crippen molar-refractivity contribution in [3.63, 3.8) is 0 Å². The van der Waals surface area contributed by atoms with Crippen LogP contribution in [0.2, 0.25) is 0 Å². The van der Waals surface area contributed by atoms with Crippen molar-refractivity contribution >= 4 is 26.5 Å². The summed E-state index contributed by atoms with van der Waals surface area (Å²) in [6, 6.07) is 14.7. The van der Waals surface area contributed by atoms with Crippen LogP contribution in [0.15, 0.2) is 53.4 Å². The molecule has 0 fully saturated rings. The molecule has 0 bridgehead atoms. The molecule has 1 aliphatic heterocycles. The number of nitrogens with one attached hydrogen (secondary N) is 1. The zero-order valence-electron chi connectivity index (χ0n) is 14.7. The summed E-state index contributed by atoms with van der Waals surface area (Å²) in [5.41, 5.74) is 3.16. The average Bonchev–Trinajstić information content (AvgIpc) is 2.94. The summed E-state index contributed by atoms with van der Waals surface area (Å²) in [6.45, 7) is 1.08. The van der Waals surface area contributed by atoms with E-state index in [1.165, 1.54) is 22.6 Å². The van der Waals surface area contributed by atoms with Crippen LogP contribution in [0.1, 0.15) is 17.5 Å². The molecular formula is C21H19NO4S. The van der Waals surface area contributed by atoms with Gasteiger partial charge in [-0.25, -0.2) is 8.42 Å². The molecule has 0 aromatic heterocycles. The second kappa shape index (κ2) is 6.16. The minimum atomic E-state index is -3.74. The van der Waals surface area contributed by atoms with Crippen LogP contribution in [0.4, 0.5) is 5.69 Å². The molecule has 5 rings (SSSR count). The molecule has 1 N–H and O–H groups in total. The predicted octanol–water partition coefficient (Wildman–Crippen LogP) is 3.90. The van der Waals surface area contributed by atoms with Gasteiger partial charge in [0.2, 0.25) is 0 Å². The lowest BCUT2D eigenvalue weighted by atomic mass is 10.0. The smallest absolute Gasteiger partial charge is 0.262 e. The maximum absolute atomic E-state index is 13.0. The van der Waals surface area contributed by atoms with Crippen LogP contribution in [-0.4, -0.2) is 21.6 Å². The van der Waals surface area contributed by atoms with E-state index in [1.807, 2.05) is 24.3 Å². The number of anilines is 1. The molecule has 0 amide bonds. The lowest BCUT2D eigenvalue weighted by molar-refractivity contribution is 0.297. The normalized spacial score (nSPS) is 15.6. The van der Waals surface area contributed by atoms with Crippen molar-refractivity contribution in [1.82, 2.24) is 0 Å². The first kappa shape index (κ1) is 16.4. The molecule has 1 aliphatic carbocycles. The highest BCUT2D eigenvalue weighted by Gasteiger charge is 2.21. The number of fused-ring (bicyclic) bond motifs is 1. The number of hydrogen-bond donors (Lipinski definition) is 1. The van der Waals surface area contributed by atoms with E-state index < -0.39 is 10.0 Å². The fourth-order valence-corrected chi connectivity index (χ4v) is 4.95. The van der Waals surface area contributed by atoms with E-state index in [1.54, 1.807) is 12.1 Å². The molecule has 0 radical (unpaired) electrons. The molecule has 0 saturated heterocycles. The van der Waals surface area contributed by atoms with E-state index in [4.69, 9.17) is 9.47 Å². The van der Waals surface area contributed by atoms with Gasteiger partial charge in [0.05, 0.1) is 23.8 Å². The van der Waals surface area contributed by atoms with Gasteiger partial charge in [-0.05, 0) is 47.6 Å². The van der Waals surface area contributed by atoms with Gasteiger partial charge in [0.15, 0.2) is 11.5 Å². The molecule has 138 valence electrons. The van der Waals surface area contributed by atoms with Gasteiger partial charge >= 0.3 is 0 Å². The number of hydrogen-bond acceptors (Lipinski definition) is 4. The maximum atomic E-state index is 13.0. The fourth-order valence-electron chi connectivity index (χ4n) is 3.85. The Balaban J connectivity index is 1.54.